The Bertz CT molecular complexity index is 988. The smallest absolute Gasteiger partial charge is 0.150 e. The van der Waals surface area contributed by atoms with Crippen molar-refractivity contribution in [3.63, 3.8) is 0 Å². The van der Waals surface area contributed by atoms with Gasteiger partial charge in [0.15, 0.2) is 0 Å². The quantitative estimate of drug-likeness (QED) is 0.539. The highest BCUT2D eigenvalue weighted by atomic mass is 16.1. The van der Waals surface area contributed by atoms with Crippen molar-refractivity contribution in [1.29, 1.82) is 0 Å². The lowest BCUT2D eigenvalue weighted by atomic mass is 9.76. The van der Waals surface area contributed by atoms with E-state index in [0.29, 0.717) is 16.4 Å². The molecule has 3 aromatic rings. The lowest BCUT2D eigenvalue weighted by Gasteiger charge is -2.28. The number of H-pyrrole nitrogens is 2. The Morgan fingerprint density at radius 1 is 1.24 bits per heavy atom. The number of aromatic amines is 2. The van der Waals surface area contributed by atoms with Crippen molar-refractivity contribution in [2.45, 2.75) is 53.9 Å². The minimum Gasteiger partial charge on any atom is -0.353 e. The minimum atomic E-state index is 0.343. The van der Waals surface area contributed by atoms with Gasteiger partial charge in [-0.05, 0) is 55.8 Å². The second-order valence-electron chi connectivity index (χ2n) is 10.1. The fraction of sp³-hybridized carbons (Fsp3) is 0.500. The zero-order chi connectivity index (χ0) is 21.2. The van der Waals surface area contributed by atoms with Crippen LogP contribution in [0.25, 0.3) is 22.3 Å². The molecule has 1 aromatic carbocycles. The Morgan fingerprint density at radius 3 is 2.62 bits per heavy atom. The first-order valence-electron chi connectivity index (χ1n) is 10.4. The van der Waals surface area contributed by atoms with Gasteiger partial charge in [-0.15, -0.1) is 0 Å². The molecule has 0 bridgehead atoms. The zero-order valence-electron chi connectivity index (χ0n) is 18.6. The van der Waals surface area contributed by atoms with Crippen LogP contribution < -0.4 is 5.32 Å². The van der Waals surface area contributed by atoms with Crippen LogP contribution in [0.4, 0.5) is 0 Å². The molecule has 156 valence electrons. The third-order valence-electron chi connectivity index (χ3n) is 5.40. The summed E-state index contributed by atoms with van der Waals surface area (Å²) in [5, 5.41) is 12.0. The number of rotatable bonds is 3. The number of aromatic nitrogens is 3. The molecule has 5 nitrogen and oxygen atoms in total. The van der Waals surface area contributed by atoms with E-state index in [1.54, 1.807) is 0 Å². The number of carbonyl (C=O) groups is 1. The van der Waals surface area contributed by atoms with Crippen LogP contribution in [-0.2, 0) is 12.8 Å². The van der Waals surface area contributed by atoms with Crippen molar-refractivity contribution >= 4 is 17.2 Å². The van der Waals surface area contributed by atoms with Gasteiger partial charge in [0, 0.05) is 27.7 Å². The molecule has 3 N–H and O–H groups in total. The number of nitrogens with one attached hydrogen (secondary N) is 3. The van der Waals surface area contributed by atoms with Gasteiger partial charge in [-0.3, -0.25) is 9.89 Å². The molecule has 2 aromatic heterocycles. The molecule has 0 atom stereocenters. The topological polar surface area (TPSA) is 73.6 Å². The zero-order valence-corrected chi connectivity index (χ0v) is 18.6. The molecule has 0 amide bonds. The van der Waals surface area contributed by atoms with Crippen LogP contribution in [0.1, 0.15) is 62.7 Å². The molecule has 0 radical (unpaired) electrons. The summed E-state index contributed by atoms with van der Waals surface area (Å²) in [6, 6.07) is 7.81. The molecule has 0 saturated carbocycles. The monoisotopic (exact) mass is 394 g/mol. The highest BCUT2D eigenvalue weighted by Gasteiger charge is 2.29. The lowest BCUT2D eigenvalue weighted by molar-refractivity contribution is 0.112. The van der Waals surface area contributed by atoms with Gasteiger partial charge in [-0.1, -0.05) is 46.8 Å². The number of hydrogen-bond donors (Lipinski definition) is 3. The molecule has 29 heavy (non-hydrogen) atoms. The maximum atomic E-state index is 10.9. The van der Waals surface area contributed by atoms with Crippen molar-refractivity contribution in [3.05, 3.63) is 41.1 Å². The number of hydrogen-bond acceptors (Lipinski definition) is 3. The van der Waals surface area contributed by atoms with Gasteiger partial charge in [0.05, 0.1) is 5.69 Å². The maximum Gasteiger partial charge on any atom is 0.150 e. The van der Waals surface area contributed by atoms with Crippen LogP contribution in [0.3, 0.4) is 0 Å². The van der Waals surface area contributed by atoms with Crippen LogP contribution in [-0.4, -0.2) is 35.1 Å². The lowest BCUT2D eigenvalue weighted by Crippen LogP contribution is -2.22. The van der Waals surface area contributed by atoms with Crippen molar-refractivity contribution in [3.8, 4) is 11.4 Å². The van der Waals surface area contributed by atoms with Gasteiger partial charge in [0.25, 0.3) is 0 Å². The number of fused-ring (bicyclic) bond motifs is 2. The SMILES string of the molecule is CC1(C)CCc2c(-c3cc4ccc(C=O)cc4[nH]3)n[nH]c2C1.CNCC(C)(C)C. The molecule has 1 aliphatic carbocycles. The third-order valence-corrected chi connectivity index (χ3v) is 5.40. The van der Waals surface area contributed by atoms with Gasteiger partial charge >= 0.3 is 0 Å². The van der Waals surface area contributed by atoms with E-state index < -0.39 is 0 Å². The first-order chi connectivity index (χ1) is 13.6. The normalized spacial score (nSPS) is 15.5. The Kier molecular flexibility index (Phi) is 5.99. The van der Waals surface area contributed by atoms with E-state index in [4.69, 9.17) is 0 Å². The van der Waals surface area contributed by atoms with Crippen LogP contribution in [0.15, 0.2) is 24.3 Å². The fourth-order valence-corrected chi connectivity index (χ4v) is 3.95. The average molecular weight is 395 g/mol. The highest BCUT2D eigenvalue weighted by molar-refractivity contribution is 5.90. The molecule has 0 saturated heterocycles. The van der Waals surface area contributed by atoms with E-state index in [9.17, 15) is 4.79 Å². The standard InChI is InChI=1S/C18H19N3O.C6H15N/c1-18(2)6-5-13-16(9-18)20-21-17(13)15-8-12-4-3-11(10-22)7-14(12)19-15;1-6(2,3)5-7-4/h3-4,7-8,10,19H,5-6,9H2,1-2H3,(H,20,21);7H,5H2,1-4H3. The van der Waals surface area contributed by atoms with Crippen molar-refractivity contribution in [2.24, 2.45) is 10.8 Å². The predicted octanol–water partition coefficient (Wildman–Crippen LogP) is 5.14. The second-order valence-corrected chi connectivity index (χ2v) is 10.1. The van der Waals surface area contributed by atoms with Gasteiger partial charge in [0.2, 0.25) is 0 Å². The van der Waals surface area contributed by atoms with Gasteiger partial charge in [0.1, 0.15) is 12.0 Å². The molecular formula is C24H34N4O. The van der Waals surface area contributed by atoms with Crippen LogP contribution in [0.5, 0.6) is 0 Å². The summed E-state index contributed by atoms with van der Waals surface area (Å²) >= 11 is 0. The molecule has 0 fully saturated rings. The summed E-state index contributed by atoms with van der Waals surface area (Å²) in [5.74, 6) is 0. The van der Waals surface area contributed by atoms with Crippen molar-refractivity contribution < 1.29 is 4.79 Å². The molecule has 0 unspecified atom stereocenters. The van der Waals surface area contributed by atoms with E-state index in [-0.39, 0.29) is 0 Å². The van der Waals surface area contributed by atoms with Gasteiger partial charge in [-0.25, -0.2) is 0 Å². The largest absolute Gasteiger partial charge is 0.353 e. The third kappa shape index (κ3) is 5.15. The second kappa shape index (κ2) is 8.15. The first kappa shape index (κ1) is 21.3. The van der Waals surface area contributed by atoms with Gasteiger partial charge < -0.3 is 10.3 Å². The molecule has 1 aliphatic rings. The Balaban J connectivity index is 0.000000298. The number of carbonyl (C=O) groups excluding carboxylic acids is 1. The molecular weight excluding hydrogens is 360 g/mol. The van der Waals surface area contributed by atoms with Crippen LogP contribution >= 0.6 is 0 Å². The summed E-state index contributed by atoms with van der Waals surface area (Å²) in [7, 11) is 1.98. The molecule has 5 heteroatoms. The number of benzene rings is 1. The minimum absolute atomic E-state index is 0.343. The van der Waals surface area contributed by atoms with E-state index in [1.807, 2.05) is 25.2 Å². The Labute approximate surface area is 173 Å². The summed E-state index contributed by atoms with van der Waals surface area (Å²) in [6.45, 7) is 12.3. The highest BCUT2D eigenvalue weighted by Crippen LogP contribution is 2.38. The van der Waals surface area contributed by atoms with Crippen molar-refractivity contribution in [1.82, 2.24) is 20.5 Å². The van der Waals surface area contributed by atoms with Gasteiger partial charge in [-0.2, -0.15) is 5.10 Å². The molecule has 0 spiro atoms. The van der Waals surface area contributed by atoms with E-state index in [0.717, 1.165) is 48.0 Å². The predicted molar refractivity (Wildman–Crippen MR) is 120 cm³/mol. The summed E-state index contributed by atoms with van der Waals surface area (Å²) in [4.78, 5) is 14.3. The van der Waals surface area contributed by atoms with Crippen LogP contribution in [0, 0.1) is 10.8 Å². The average Bonchev–Trinajstić information content (AvgIpc) is 3.22. The molecule has 4 rings (SSSR count). The van der Waals surface area contributed by atoms with Crippen LogP contribution in [0.2, 0.25) is 0 Å². The summed E-state index contributed by atoms with van der Waals surface area (Å²) in [6.07, 6.45) is 4.16. The fourth-order valence-electron chi connectivity index (χ4n) is 3.95. The summed E-state index contributed by atoms with van der Waals surface area (Å²) < 4.78 is 0. The Morgan fingerprint density at radius 2 is 2.00 bits per heavy atom. The molecule has 0 aliphatic heterocycles. The number of aldehydes is 1. The Hall–Kier alpha value is -2.40. The molecule has 2 heterocycles. The first-order valence-corrected chi connectivity index (χ1v) is 10.4. The van der Waals surface area contributed by atoms with E-state index >= 15 is 0 Å². The van der Waals surface area contributed by atoms with E-state index in [2.05, 4.69) is 61.2 Å². The van der Waals surface area contributed by atoms with Crippen molar-refractivity contribution in [2.75, 3.05) is 13.6 Å². The maximum absolute atomic E-state index is 10.9. The number of nitrogens with zero attached hydrogens (tertiary/aromatic N) is 1. The summed E-state index contributed by atoms with van der Waals surface area (Å²) in [5.41, 5.74) is 7.09. The van der Waals surface area contributed by atoms with E-state index in [1.165, 1.54) is 17.7 Å².